The Morgan fingerprint density at radius 1 is 0.655 bits per heavy atom. The molecular weight excluding hydrogens is 1160 g/mol. The molecule has 1 fully saturated rings. The van der Waals surface area contributed by atoms with Crippen LogP contribution in [0.5, 0.6) is 0 Å². The summed E-state index contributed by atoms with van der Waals surface area (Å²) in [6.45, 7) is 3.74. The number of nitrogens with one attached hydrogen (secondary N) is 8. The van der Waals surface area contributed by atoms with Crippen LogP contribution in [0, 0.1) is 5.92 Å². The van der Waals surface area contributed by atoms with Crippen molar-refractivity contribution in [2.24, 2.45) is 23.1 Å². The van der Waals surface area contributed by atoms with Gasteiger partial charge in [-0.2, -0.15) is 10.5 Å². The number of aromatic amines is 1. The number of fused-ring (bicyclic) bond motifs is 4. The first kappa shape index (κ1) is 63.5. The second kappa shape index (κ2) is 30.1. The minimum absolute atomic E-state index is 0.0311. The third-order valence-corrected chi connectivity index (χ3v) is 20.3. The maximum atomic E-state index is 15.3. The van der Waals surface area contributed by atoms with Crippen LogP contribution in [0.4, 0.5) is 0 Å². The van der Waals surface area contributed by atoms with Crippen molar-refractivity contribution < 1.29 is 38.4 Å². The van der Waals surface area contributed by atoms with Crippen molar-refractivity contribution in [3.8, 4) is 0 Å². The van der Waals surface area contributed by atoms with Gasteiger partial charge in [0.05, 0.1) is 6.04 Å². The Kier molecular flexibility index (Phi) is 21.9. The fourth-order valence-electron chi connectivity index (χ4n) is 10.8. The Balaban J connectivity index is 1.06. The lowest BCUT2D eigenvalue weighted by molar-refractivity contribution is -0.136. The van der Waals surface area contributed by atoms with E-state index >= 15 is 14.4 Å². The molecule has 0 aliphatic carbocycles. The summed E-state index contributed by atoms with van der Waals surface area (Å²) in [6.07, 6.45) is 3.52. The Morgan fingerprint density at radius 2 is 1.26 bits per heavy atom. The lowest BCUT2D eigenvalue weighted by Gasteiger charge is -2.29. The van der Waals surface area contributed by atoms with Gasteiger partial charge in [0.15, 0.2) is 0 Å². The van der Waals surface area contributed by atoms with Crippen LogP contribution in [-0.4, -0.2) is 130 Å². The molecule has 1 saturated heterocycles. The number of primary amides is 1. The number of hydrogen-bond acceptors (Lipinski definition) is 12. The molecule has 0 spiro atoms. The molecule has 0 saturated carbocycles. The summed E-state index contributed by atoms with van der Waals surface area (Å²) in [4.78, 5) is 121. The van der Waals surface area contributed by atoms with Gasteiger partial charge in [0.1, 0.15) is 42.3 Å². The standard InChI is InChI=1S/C65H75N11O8S3/c1-38(2)57-65(84)74-54(62(81)71-51(58(68)77)32-40-23-25-42-14-4-6-17-45(42)30-40)36-86-85-35-53(73-59(78)48(67)31-39-22-24-41-13-3-5-16-44(41)29-39)63(82)75-55(37-87-28-26-43-15-7-10-21-56(43)87)64(83)72-52(33-46-34-69-49-19-9-8-18-47(46)49)61(80)70-50(60(79)76-57)20-11-12-27-66/h3-10,13-19,21-25,28-30,34,38,48,50-55,57,69H,11-12,20,26-27,31-33,35-37,66-67H2,1-2H3,(H2,68,77)(H,70,80)(H,71,81)(H,72,83)(H,73,78)(H,74,84)(H,75,82)(H,76,79)/t48-,50-,51-,52+,53+,54-,55-,57-,87?/m0/s1. The molecule has 1 unspecified atom stereocenters. The summed E-state index contributed by atoms with van der Waals surface area (Å²) in [7, 11) is 1.55. The molecule has 0 bridgehead atoms. The van der Waals surface area contributed by atoms with E-state index in [0.29, 0.717) is 31.4 Å². The molecule has 3 heterocycles. The van der Waals surface area contributed by atoms with Crippen LogP contribution in [0.15, 0.2) is 145 Å². The Labute approximate surface area is 515 Å². The molecule has 8 amide bonds. The van der Waals surface area contributed by atoms with Crippen LogP contribution in [0.25, 0.3) is 32.4 Å². The number of para-hydroxylation sites is 1. The summed E-state index contributed by atoms with van der Waals surface area (Å²) in [6, 6.07) is 32.2. The molecule has 2 aliphatic rings. The van der Waals surface area contributed by atoms with Gasteiger partial charge in [0.25, 0.3) is 0 Å². The highest BCUT2D eigenvalue weighted by atomic mass is 33.1. The van der Waals surface area contributed by atoms with Crippen LogP contribution in [-0.2, 0) is 64.0 Å². The molecule has 2 aliphatic heterocycles. The number of amides is 8. The van der Waals surface area contributed by atoms with E-state index in [1.54, 1.807) is 20.0 Å². The second-order valence-corrected chi connectivity index (χ2v) is 26.9. The van der Waals surface area contributed by atoms with E-state index in [1.165, 1.54) is 0 Å². The van der Waals surface area contributed by atoms with E-state index < -0.39 is 112 Å². The van der Waals surface area contributed by atoms with Crippen molar-refractivity contribution in [2.45, 2.75) is 112 Å². The summed E-state index contributed by atoms with van der Waals surface area (Å²) in [5.74, 6) is -6.51. The van der Waals surface area contributed by atoms with Crippen molar-refractivity contribution in [3.05, 3.63) is 162 Å². The van der Waals surface area contributed by atoms with Gasteiger partial charge in [-0.25, -0.2) is 0 Å². The van der Waals surface area contributed by atoms with Gasteiger partial charge in [-0.1, -0.05) is 162 Å². The highest BCUT2D eigenvalue weighted by Crippen LogP contribution is 2.36. The van der Waals surface area contributed by atoms with Crippen molar-refractivity contribution in [1.29, 1.82) is 0 Å². The topological polar surface area (TPSA) is 315 Å². The lowest BCUT2D eigenvalue weighted by Crippen LogP contribution is -2.62. The molecule has 7 aromatic rings. The van der Waals surface area contributed by atoms with Gasteiger partial charge in [-0.05, 0) is 100 Å². The quantitative estimate of drug-likeness (QED) is 0.0320. The van der Waals surface area contributed by atoms with Gasteiger partial charge >= 0.3 is 0 Å². The lowest BCUT2D eigenvalue weighted by atomic mass is 10.00. The van der Waals surface area contributed by atoms with Crippen molar-refractivity contribution in [2.75, 3.05) is 23.8 Å². The fourth-order valence-corrected chi connectivity index (χ4v) is 15.3. The Hall–Kier alpha value is -8.02. The highest BCUT2D eigenvalue weighted by Gasteiger charge is 2.37. The van der Waals surface area contributed by atoms with Crippen LogP contribution in [0.3, 0.4) is 0 Å². The molecule has 22 heteroatoms. The summed E-state index contributed by atoms with van der Waals surface area (Å²) < 4.78 is 0. The maximum absolute atomic E-state index is 15.3. The zero-order chi connectivity index (χ0) is 61.6. The van der Waals surface area contributed by atoms with E-state index in [-0.39, 0.29) is 42.9 Å². The number of benzene rings is 6. The Bertz CT molecular complexity index is 3710. The van der Waals surface area contributed by atoms with Gasteiger partial charge in [0, 0.05) is 52.1 Å². The smallest absolute Gasteiger partial charge is 0.244 e. The van der Waals surface area contributed by atoms with E-state index in [4.69, 9.17) is 17.2 Å². The van der Waals surface area contributed by atoms with E-state index in [2.05, 4.69) is 47.6 Å². The molecule has 14 N–H and O–H groups in total. The monoisotopic (exact) mass is 1230 g/mol. The first-order valence-electron chi connectivity index (χ1n) is 29.2. The predicted molar refractivity (Wildman–Crippen MR) is 348 cm³/mol. The number of H-pyrrole nitrogens is 1. The number of aromatic nitrogens is 1. The van der Waals surface area contributed by atoms with Crippen LogP contribution in [0.1, 0.15) is 55.4 Å². The number of carbonyl (C=O) groups is 8. The van der Waals surface area contributed by atoms with Gasteiger partial charge in [-0.3, -0.25) is 38.4 Å². The molecule has 1 aromatic heterocycles. The average Bonchev–Trinajstić information content (AvgIpc) is 3.52. The number of rotatable bonds is 18. The van der Waals surface area contributed by atoms with Gasteiger partial charge < -0.3 is 59.4 Å². The van der Waals surface area contributed by atoms with Crippen molar-refractivity contribution in [1.82, 2.24) is 42.2 Å². The number of carbonyl (C=O) groups excluding carboxylic acids is 8. The maximum Gasteiger partial charge on any atom is 0.244 e. The van der Waals surface area contributed by atoms with Crippen LogP contribution >= 0.6 is 32.1 Å². The van der Waals surface area contributed by atoms with E-state index in [0.717, 1.165) is 75.6 Å². The molecule has 19 nitrogen and oxygen atoms in total. The van der Waals surface area contributed by atoms with E-state index in [1.807, 2.05) is 133 Å². The number of nitrogens with two attached hydrogens (primary N) is 3. The average molecular weight is 1230 g/mol. The van der Waals surface area contributed by atoms with Crippen molar-refractivity contribution in [3.63, 3.8) is 0 Å². The molecule has 456 valence electrons. The zero-order valence-corrected chi connectivity index (χ0v) is 51.0. The van der Waals surface area contributed by atoms with Crippen LogP contribution in [0.2, 0.25) is 0 Å². The molecule has 6 aromatic carbocycles. The Morgan fingerprint density at radius 3 is 1.97 bits per heavy atom. The molecule has 87 heavy (non-hydrogen) atoms. The SMILES string of the molecule is CC(C)[C@@H]1NC(=O)[C@H](CCCCN)NC(=O)[C@@H](Cc2c[nH]c3ccccc23)NC(=O)[C@H](CS2=CCc3ccccc32)NC(=O)[C@H](NC(=O)[C@@H](N)Cc2ccc3ccccc3c2)CSSC[C@@H](C(=O)N[C@@H](Cc2ccc3ccccc3c2)C(N)=O)NC1=O. The highest BCUT2D eigenvalue weighted by molar-refractivity contribution is 8.76. The zero-order valence-electron chi connectivity index (χ0n) is 48.6. The fraction of sp³-hybridized carbons (Fsp3) is 0.338. The normalized spacial score (nSPS) is 21.5. The van der Waals surface area contributed by atoms with Crippen LogP contribution < -0.4 is 54.4 Å². The van der Waals surface area contributed by atoms with Crippen molar-refractivity contribution >= 4 is 117 Å². The molecule has 9 rings (SSSR count). The van der Waals surface area contributed by atoms with Gasteiger partial charge in [0.2, 0.25) is 47.3 Å². The first-order chi connectivity index (χ1) is 42.0. The minimum Gasteiger partial charge on any atom is -0.368 e. The predicted octanol–water partition coefficient (Wildman–Crippen LogP) is 4.57. The second-order valence-electron chi connectivity index (χ2n) is 22.4. The summed E-state index contributed by atoms with van der Waals surface area (Å²) in [5.41, 5.74) is 22.6. The van der Waals surface area contributed by atoms with E-state index in [9.17, 15) is 24.0 Å². The number of unbranched alkanes of at least 4 members (excludes halogenated alkanes) is 1. The molecule has 0 radical (unpaired) electrons. The molecular formula is C65H75N11O8S3. The molecule has 9 atom stereocenters. The minimum atomic E-state index is -1.36. The third kappa shape index (κ3) is 16.7. The number of hydrogen-bond donors (Lipinski definition) is 11. The largest absolute Gasteiger partial charge is 0.368 e. The third-order valence-electron chi connectivity index (χ3n) is 15.6. The first-order valence-corrected chi connectivity index (χ1v) is 33.2. The van der Waals surface area contributed by atoms with Gasteiger partial charge in [-0.15, -0.1) is 0 Å². The summed E-state index contributed by atoms with van der Waals surface area (Å²) >= 11 is 0. The summed E-state index contributed by atoms with van der Waals surface area (Å²) in [5, 5.41) is 26.9.